The molecular formula is C20H21N3O. The fourth-order valence-electron chi connectivity index (χ4n) is 3.07. The van der Waals surface area contributed by atoms with Crippen LogP contribution in [0.25, 0.3) is 22.1 Å². The third-order valence-corrected chi connectivity index (χ3v) is 4.64. The first kappa shape index (κ1) is 14.9. The number of nitrogens with zero attached hydrogens (tertiary/aromatic N) is 2. The molecule has 0 spiro atoms. The summed E-state index contributed by atoms with van der Waals surface area (Å²) < 4.78 is 5.88. The fourth-order valence-corrected chi connectivity index (χ4v) is 3.07. The van der Waals surface area contributed by atoms with Crippen LogP contribution in [-0.2, 0) is 0 Å². The number of rotatable bonds is 5. The van der Waals surface area contributed by atoms with Gasteiger partial charge in [-0.15, -0.1) is 0 Å². The largest absolute Gasteiger partial charge is 0.440 e. The van der Waals surface area contributed by atoms with Crippen molar-refractivity contribution in [2.45, 2.75) is 38.5 Å². The number of para-hydroxylation sites is 4. The molecular weight excluding hydrogens is 298 g/mol. The van der Waals surface area contributed by atoms with Crippen LogP contribution >= 0.6 is 0 Å². The zero-order chi connectivity index (χ0) is 16.5. The second-order valence-corrected chi connectivity index (χ2v) is 6.54. The van der Waals surface area contributed by atoms with Gasteiger partial charge in [-0.25, -0.2) is 9.97 Å². The highest BCUT2D eigenvalue weighted by molar-refractivity contribution is 5.74. The molecule has 2 aromatic carbocycles. The normalized spacial score (nSPS) is 14.2. The van der Waals surface area contributed by atoms with Crippen molar-refractivity contribution in [3.05, 3.63) is 60.2 Å². The van der Waals surface area contributed by atoms with Gasteiger partial charge in [0.2, 0.25) is 0 Å². The van der Waals surface area contributed by atoms with Crippen LogP contribution in [0, 0.1) is 0 Å². The maximum absolute atomic E-state index is 5.88. The maximum Gasteiger partial charge on any atom is 0.198 e. The Morgan fingerprint density at radius 2 is 1.58 bits per heavy atom. The first-order chi connectivity index (χ1) is 11.7. The summed E-state index contributed by atoms with van der Waals surface area (Å²) in [5, 5.41) is 0. The smallest absolute Gasteiger partial charge is 0.198 e. The number of aromatic nitrogens is 3. The van der Waals surface area contributed by atoms with E-state index in [0.29, 0.717) is 11.8 Å². The van der Waals surface area contributed by atoms with Crippen LogP contribution in [0.4, 0.5) is 0 Å². The number of oxazole rings is 1. The van der Waals surface area contributed by atoms with Crippen molar-refractivity contribution in [1.29, 1.82) is 0 Å². The third-order valence-electron chi connectivity index (χ3n) is 4.64. The molecule has 0 fully saturated rings. The number of nitrogens with one attached hydrogen (secondary N) is 1. The Labute approximate surface area is 140 Å². The molecule has 0 aliphatic rings. The number of benzene rings is 2. The van der Waals surface area contributed by atoms with Crippen LogP contribution < -0.4 is 0 Å². The Hall–Kier alpha value is -2.62. The van der Waals surface area contributed by atoms with Crippen molar-refractivity contribution in [1.82, 2.24) is 15.0 Å². The summed E-state index contributed by atoms with van der Waals surface area (Å²) in [5.74, 6) is 2.56. The van der Waals surface area contributed by atoms with Gasteiger partial charge in [-0.3, -0.25) is 0 Å². The summed E-state index contributed by atoms with van der Waals surface area (Å²) >= 11 is 0. The van der Waals surface area contributed by atoms with Crippen molar-refractivity contribution in [2.75, 3.05) is 0 Å². The number of H-pyrrole nitrogens is 1. The number of fused-ring (bicyclic) bond motifs is 2. The Bertz CT molecular complexity index is 823. The van der Waals surface area contributed by atoms with E-state index in [1.807, 2.05) is 42.5 Å². The van der Waals surface area contributed by atoms with Crippen molar-refractivity contribution >= 4 is 22.1 Å². The van der Waals surface area contributed by atoms with E-state index in [-0.39, 0.29) is 0 Å². The molecule has 2 heterocycles. The molecule has 0 amide bonds. The summed E-state index contributed by atoms with van der Waals surface area (Å²) in [6.45, 7) is 4.40. The zero-order valence-corrected chi connectivity index (χ0v) is 14.0. The molecule has 4 nitrogen and oxygen atoms in total. The van der Waals surface area contributed by atoms with Gasteiger partial charge >= 0.3 is 0 Å². The molecule has 4 heteroatoms. The van der Waals surface area contributed by atoms with Gasteiger partial charge in [-0.2, -0.15) is 0 Å². The molecule has 0 saturated carbocycles. The van der Waals surface area contributed by atoms with E-state index < -0.39 is 0 Å². The average Bonchev–Trinajstić information content (AvgIpc) is 3.23. The molecule has 0 bridgehead atoms. The van der Waals surface area contributed by atoms with Gasteiger partial charge in [0.25, 0.3) is 0 Å². The maximum atomic E-state index is 5.88. The number of aromatic amines is 1. The van der Waals surface area contributed by atoms with Gasteiger partial charge in [0.1, 0.15) is 11.3 Å². The van der Waals surface area contributed by atoms with Gasteiger partial charge in [0.15, 0.2) is 11.5 Å². The lowest BCUT2D eigenvalue weighted by molar-refractivity contribution is 0.449. The van der Waals surface area contributed by atoms with E-state index in [1.54, 1.807) is 0 Å². The predicted octanol–water partition coefficient (Wildman–Crippen LogP) is 5.39. The first-order valence-corrected chi connectivity index (χ1v) is 8.51. The lowest BCUT2D eigenvalue weighted by Gasteiger charge is -2.11. The van der Waals surface area contributed by atoms with E-state index >= 15 is 0 Å². The molecule has 122 valence electrons. The Kier molecular flexibility index (Phi) is 3.81. The van der Waals surface area contributed by atoms with Crippen molar-refractivity contribution in [3.63, 3.8) is 0 Å². The van der Waals surface area contributed by atoms with Gasteiger partial charge in [0, 0.05) is 11.8 Å². The molecule has 0 saturated heterocycles. The Morgan fingerprint density at radius 1 is 0.875 bits per heavy atom. The zero-order valence-electron chi connectivity index (χ0n) is 14.0. The summed E-state index contributed by atoms with van der Waals surface area (Å²) in [6, 6.07) is 16.1. The van der Waals surface area contributed by atoms with Crippen molar-refractivity contribution in [3.8, 4) is 0 Å². The molecule has 4 aromatic rings. The van der Waals surface area contributed by atoms with Gasteiger partial charge < -0.3 is 9.40 Å². The molecule has 0 aliphatic heterocycles. The van der Waals surface area contributed by atoms with E-state index in [9.17, 15) is 0 Å². The average molecular weight is 319 g/mol. The van der Waals surface area contributed by atoms with Crippen LogP contribution in [0.3, 0.4) is 0 Å². The topological polar surface area (TPSA) is 54.7 Å². The van der Waals surface area contributed by atoms with Gasteiger partial charge in [0.05, 0.1) is 11.0 Å². The number of imidazole rings is 1. The monoisotopic (exact) mass is 319 g/mol. The van der Waals surface area contributed by atoms with Crippen molar-refractivity contribution in [2.24, 2.45) is 0 Å². The van der Waals surface area contributed by atoms with Crippen LogP contribution in [0.1, 0.15) is 50.2 Å². The minimum atomic E-state index is 0.296. The highest BCUT2D eigenvalue weighted by atomic mass is 16.3. The molecule has 0 radical (unpaired) electrons. The molecule has 24 heavy (non-hydrogen) atoms. The summed E-state index contributed by atoms with van der Waals surface area (Å²) in [4.78, 5) is 12.7. The van der Waals surface area contributed by atoms with Crippen LogP contribution in [0.15, 0.2) is 52.9 Å². The molecule has 0 aliphatic carbocycles. The van der Waals surface area contributed by atoms with Crippen LogP contribution in [0.2, 0.25) is 0 Å². The standard InChI is InChI=1S/C20H21N3O/c1-13(19-21-15-7-3-4-8-16(15)22-19)11-12-14(2)20-23-17-9-5-6-10-18(17)24-20/h3-10,13-14H,11-12H2,1-2H3,(H,21,22). The minimum absolute atomic E-state index is 0.296. The van der Waals surface area contributed by atoms with E-state index in [2.05, 4.69) is 29.9 Å². The highest BCUT2D eigenvalue weighted by Crippen LogP contribution is 2.28. The number of hydrogen-bond donors (Lipinski definition) is 1. The predicted molar refractivity (Wildman–Crippen MR) is 96.2 cm³/mol. The second kappa shape index (κ2) is 6.11. The summed E-state index contributed by atoms with van der Waals surface area (Å²) in [6.07, 6.45) is 2.06. The second-order valence-electron chi connectivity index (χ2n) is 6.54. The quantitative estimate of drug-likeness (QED) is 0.536. The molecule has 1 N–H and O–H groups in total. The Morgan fingerprint density at radius 3 is 2.38 bits per heavy atom. The van der Waals surface area contributed by atoms with Crippen LogP contribution in [0.5, 0.6) is 0 Å². The lowest BCUT2D eigenvalue weighted by Crippen LogP contribution is -2.00. The van der Waals surface area contributed by atoms with E-state index in [4.69, 9.17) is 9.40 Å². The molecule has 2 unspecified atom stereocenters. The van der Waals surface area contributed by atoms with Gasteiger partial charge in [-0.05, 0) is 37.1 Å². The lowest BCUT2D eigenvalue weighted by atomic mass is 9.97. The minimum Gasteiger partial charge on any atom is -0.440 e. The highest BCUT2D eigenvalue weighted by Gasteiger charge is 2.17. The summed E-state index contributed by atoms with van der Waals surface area (Å²) in [7, 11) is 0. The molecule has 2 aromatic heterocycles. The first-order valence-electron chi connectivity index (χ1n) is 8.51. The van der Waals surface area contributed by atoms with E-state index in [0.717, 1.165) is 46.7 Å². The summed E-state index contributed by atoms with van der Waals surface area (Å²) in [5.41, 5.74) is 3.94. The van der Waals surface area contributed by atoms with Crippen LogP contribution in [-0.4, -0.2) is 15.0 Å². The third kappa shape index (κ3) is 2.80. The molecule has 4 rings (SSSR count). The van der Waals surface area contributed by atoms with E-state index in [1.165, 1.54) is 0 Å². The molecule has 2 atom stereocenters. The Balaban J connectivity index is 1.45. The van der Waals surface area contributed by atoms with Crippen molar-refractivity contribution < 1.29 is 4.42 Å². The number of hydrogen-bond acceptors (Lipinski definition) is 3. The van der Waals surface area contributed by atoms with Gasteiger partial charge in [-0.1, -0.05) is 38.1 Å². The SMILES string of the molecule is CC(CCC(C)c1nc2ccccc2o1)c1nc2ccccc2[nH]1. The fraction of sp³-hybridized carbons (Fsp3) is 0.300.